The second-order valence-electron chi connectivity index (χ2n) is 8.09. The molecule has 0 aromatic carbocycles. The molecule has 153 valence electrons. The molecule has 2 heterocycles. The van der Waals surface area contributed by atoms with Gasteiger partial charge in [-0.3, -0.25) is 9.80 Å². The Kier molecular flexibility index (Phi) is 7.26. The number of likely N-dealkylation sites (tertiary alicyclic amines) is 1. The number of rotatable bonds is 6. The molecule has 27 heavy (non-hydrogen) atoms. The van der Waals surface area contributed by atoms with Crippen molar-refractivity contribution in [3.63, 3.8) is 0 Å². The van der Waals surface area contributed by atoms with Crippen LogP contribution in [0.4, 0.5) is 13.2 Å². The summed E-state index contributed by atoms with van der Waals surface area (Å²) in [6, 6.07) is 0. The van der Waals surface area contributed by atoms with Gasteiger partial charge in [-0.15, -0.1) is 0 Å². The maximum Gasteiger partial charge on any atom is 0.393 e. The SMILES string of the molecule is CCCCN1CCN(C2=CC(CN3CCCC(C(F)(F)F)C3)=CC[CH]2)CC1. The molecule has 0 N–H and O–H groups in total. The number of allylic oxidation sites excluding steroid dienone is 2. The average Bonchev–Trinajstić information content (AvgIpc) is 2.66. The second-order valence-corrected chi connectivity index (χ2v) is 8.09. The molecule has 2 saturated heterocycles. The van der Waals surface area contributed by atoms with Gasteiger partial charge in [0.25, 0.3) is 0 Å². The predicted molar refractivity (Wildman–Crippen MR) is 103 cm³/mol. The van der Waals surface area contributed by atoms with Crippen LogP contribution in [0.25, 0.3) is 0 Å². The van der Waals surface area contributed by atoms with E-state index in [9.17, 15) is 13.2 Å². The standard InChI is InChI=1S/C21H33F3N3/c1-2-3-9-25-11-13-27(14-12-25)20-8-4-6-18(15-20)16-26-10-5-7-19(17-26)21(22,23)24/h6,8,15,19H,2-5,7,9-14,16-17H2,1H3. The third-order valence-corrected chi connectivity index (χ3v) is 5.98. The summed E-state index contributed by atoms with van der Waals surface area (Å²) >= 11 is 0. The average molecular weight is 385 g/mol. The molecule has 3 rings (SSSR count). The molecule has 2 fully saturated rings. The largest absolute Gasteiger partial charge is 0.393 e. The van der Waals surface area contributed by atoms with Crippen LogP contribution in [0.5, 0.6) is 0 Å². The van der Waals surface area contributed by atoms with Crippen LogP contribution in [-0.2, 0) is 0 Å². The van der Waals surface area contributed by atoms with Crippen molar-refractivity contribution in [3.8, 4) is 0 Å². The van der Waals surface area contributed by atoms with E-state index in [1.165, 1.54) is 30.7 Å². The van der Waals surface area contributed by atoms with Crippen LogP contribution in [0.15, 0.2) is 23.4 Å². The van der Waals surface area contributed by atoms with Crippen molar-refractivity contribution >= 4 is 0 Å². The first-order valence-electron chi connectivity index (χ1n) is 10.5. The number of nitrogens with zero attached hydrogens (tertiary/aromatic N) is 3. The molecule has 1 aliphatic carbocycles. The Labute approximate surface area is 161 Å². The first-order valence-corrected chi connectivity index (χ1v) is 10.5. The van der Waals surface area contributed by atoms with E-state index in [0.717, 1.165) is 39.1 Å². The number of unbranched alkanes of at least 4 members (excludes halogenated alkanes) is 1. The molecule has 3 aliphatic rings. The van der Waals surface area contributed by atoms with Gasteiger partial charge in [0.1, 0.15) is 0 Å². The van der Waals surface area contributed by atoms with E-state index in [1.807, 2.05) is 4.90 Å². The fraction of sp³-hybridized carbons (Fsp3) is 0.762. The minimum Gasteiger partial charge on any atom is -0.372 e. The zero-order valence-electron chi connectivity index (χ0n) is 16.5. The number of halogens is 3. The van der Waals surface area contributed by atoms with Gasteiger partial charge in [-0.2, -0.15) is 13.2 Å². The first-order chi connectivity index (χ1) is 13.0. The number of piperidine rings is 1. The zero-order chi connectivity index (χ0) is 19.3. The van der Waals surface area contributed by atoms with Gasteiger partial charge in [0.05, 0.1) is 5.92 Å². The number of hydrogen-bond donors (Lipinski definition) is 0. The quantitative estimate of drug-likeness (QED) is 0.683. The van der Waals surface area contributed by atoms with E-state index in [4.69, 9.17) is 0 Å². The summed E-state index contributed by atoms with van der Waals surface area (Å²) in [6.45, 7) is 9.25. The first kappa shape index (κ1) is 20.7. The van der Waals surface area contributed by atoms with Crippen LogP contribution in [-0.4, -0.2) is 73.2 Å². The number of piperazine rings is 1. The topological polar surface area (TPSA) is 9.72 Å². The van der Waals surface area contributed by atoms with Crippen molar-refractivity contribution in [3.05, 3.63) is 29.8 Å². The van der Waals surface area contributed by atoms with Crippen LogP contribution < -0.4 is 0 Å². The van der Waals surface area contributed by atoms with Gasteiger partial charge in [0, 0.05) is 51.4 Å². The monoisotopic (exact) mass is 384 g/mol. The van der Waals surface area contributed by atoms with E-state index in [1.54, 1.807) is 0 Å². The molecule has 1 radical (unpaired) electrons. The van der Waals surface area contributed by atoms with Gasteiger partial charge in [-0.1, -0.05) is 19.4 Å². The molecule has 1 unspecified atom stereocenters. The summed E-state index contributed by atoms with van der Waals surface area (Å²) in [5, 5.41) is 0. The van der Waals surface area contributed by atoms with E-state index in [2.05, 4.69) is 35.3 Å². The minimum atomic E-state index is -4.06. The van der Waals surface area contributed by atoms with Gasteiger partial charge in [0.2, 0.25) is 0 Å². The van der Waals surface area contributed by atoms with Gasteiger partial charge in [-0.25, -0.2) is 0 Å². The van der Waals surface area contributed by atoms with Crippen molar-refractivity contribution in [2.45, 2.75) is 45.2 Å². The molecule has 0 bridgehead atoms. The molecular weight excluding hydrogens is 351 g/mol. The van der Waals surface area contributed by atoms with E-state index in [-0.39, 0.29) is 13.0 Å². The molecular formula is C21H33F3N3. The minimum absolute atomic E-state index is 0.143. The fourth-order valence-electron chi connectivity index (χ4n) is 4.31. The van der Waals surface area contributed by atoms with Crippen LogP contribution in [0.3, 0.4) is 0 Å². The molecule has 0 amide bonds. The maximum absolute atomic E-state index is 13.0. The Morgan fingerprint density at radius 3 is 2.56 bits per heavy atom. The van der Waals surface area contributed by atoms with Crippen molar-refractivity contribution in [2.75, 3.05) is 52.4 Å². The number of alkyl halides is 3. The molecule has 0 aromatic heterocycles. The molecule has 6 heteroatoms. The molecule has 3 nitrogen and oxygen atoms in total. The summed E-state index contributed by atoms with van der Waals surface area (Å²) in [7, 11) is 0. The Morgan fingerprint density at radius 1 is 1.07 bits per heavy atom. The molecule has 0 saturated carbocycles. The van der Waals surface area contributed by atoms with Crippen molar-refractivity contribution < 1.29 is 13.2 Å². The number of hydrogen-bond acceptors (Lipinski definition) is 3. The van der Waals surface area contributed by atoms with Gasteiger partial charge in [-0.05, 0) is 50.4 Å². The van der Waals surface area contributed by atoms with E-state index in [0.29, 0.717) is 13.0 Å². The lowest BCUT2D eigenvalue weighted by Gasteiger charge is -2.38. The highest BCUT2D eigenvalue weighted by Crippen LogP contribution is 2.33. The highest BCUT2D eigenvalue weighted by atomic mass is 19.4. The third-order valence-electron chi connectivity index (χ3n) is 5.98. The smallest absolute Gasteiger partial charge is 0.372 e. The Hall–Kier alpha value is -1.01. The van der Waals surface area contributed by atoms with E-state index >= 15 is 0 Å². The molecule has 1 atom stereocenters. The van der Waals surface area contributed by atoms with Crippen molar-refractivity contribution in [1.29, 1.82) is 0 Å². The van der Waals surface area contributed by atoms with Crippen LogP contribution in [0, 0.1) is 12.3 Å². The highest BCUT2D eigenvalue weighted by Gasteiger charge is 2.41. The summed E-state index contributed by atoms with van der Waals surface area (Å²) in [5.41, 5.74) is 2.43. The van der Waals surface area contributed by atoms with Gasteiger partial charge in [0.15, 0.2) is 0 Å². The Bertz CT molecular complexity index is 533. The Morgan fingerprint density at radius 2 is 1.85 bits per heavy atom. The normalized spacial score (nSPS) is 26.1. The van der Waals surface area contributed by atoms with Crippen LogP contribution in [0.2, 0.25) is 0 Å². The van der Waals surface area contributed by atoms with Crippen LogP contribution >= 0.6 is 0 Å². The zero-order valence-corrected chi connectivity index (χ0v) is 16.5. The Balaban J connectivity index is 1.51. The fourth-order valence-corrected chi connectivity index (χ4v) is 4.31. The highest BCUT2D eigenvalue weighted by molar-refractivity contribution is 5.34. The van der Waals surface area contributed by atoms with Gasteiger partial charge >= 0.3 is 6.18 Å². The summed E-state index contributed by atoms with van der Waals surface area (Å²) < 4.78 is 39.1. The van der Waals surface area contributed by atoms with Crippen LogP contribution in [0.1, 0.15) is 39.0 Å². The molecule has 0 aromatic rings. The molecule has 2 aliphatic heterocycles. The third kappa shape index (κ3) is 5.98. The lowest BCUT2D eigenvalue weighted by molar-refractivity contribution is -0.186. The summed E-state index contributed by atoms with van der Waals surface area (Å²) in [4.78, 5) is 6.95. The maximum atomic E-state index is 13.0. The lowest BCUT2D eigenvalue weighted by Crippen LogP contribution is -2.46. The van der Waals surface area contributed by atoms with Crippen molar-refractivity contribution in [1.82, 2.24) is 14.7 Å². The molecule has 0 spiro atoms. The van der Waals surface area contributed by atoms with E-state index < -0.39 is 12.1 Å². The van der Waals surface area contributed by atoms with Gasteiger partial charge < -0.3 is 4.90 Å². The lowest BCUT2D eigenvalue weighted by atomic mass is 9.96. The van der Waals surface area contributed by atoms with Crippen molar-refractivity contribution in [2.24, 2.45) is 5.92 Å². The predicted octanol–water partition coefficient (Wildman–Crippen LogP) is 4.10. The summed E-state index contributed by atoms with van der Waals surface area (Å²) in [6.07, 6.45) is 6.84. The second kappa shape index (κ2) is 9.46. The summed E-state index contributed by atoms with van der Waals surface area (Å²) in [5.74, 6) is -1.17.